The Morgan fingerprint density at radius 1 is 1.10 bits per heavy atom. The van der Waals surface area contributed by atoms with Gasteiger partial charge in [0.25, 0.3) is 0 Å². The van der Waals surface area contributed by atoms with E-state index < -0.39 is 0 Å². The molecule has 0 heteroatoms. The Morgan fingerprint density at radius 2 is 1.77 bits per heavy atom. The van der Waals surface area contributed by atoms with E-state index in [1.54, 1.807) is 0 Å². The molecule has 1 saturated carbocycles. The Hall–Kier alpha value is -0.780. The van der Waals surface area contributed by atoms with Crippen molar-refractivity contribution in [2.24, 2.45) is 28.6 Å². The predicted molar refractivity (Wildman–Crippen MR) is 138 cm³/mol. The average molecular weight is 415 g/mol. The summed E-state index contributed by atoms with van der Waals surface area (Å²) in [5.41, 5.74) is 3.89. The molecule has 0 heterocycles. The molecule has 2 atom stereocenters. The van der Waals surface area contributed by atoms with E-state index in [2.05, 4.69) is 73.8 Å². The van der Waals surface area contributed by atoms with Crippen LogP contribution in [0.3, 0.4) is 0 Å². The van der Waals surface area contributed by atoms with Crippen LogP contribution < -0.4 is 0 Å². The van der Waals surface area contributed by atoms with Crippen LogP contribution in [0.4, 0.5) is 0 Å². The maximum Gasteiger partial charge on any atom is -0.0144 e. The fraction of sp³-hybridized carbons (Fsp3) is 0.800. The zero-order valence-electron chi connectivity index (χ0n) is 21.8. The van der Waals surface area contributed by atoms with E-state index in [4.69, 9.17) is 0 Å². The topological polar surface area (TPSA) is 0 Å². The molecule has 0 aliphatic heterocycles. The molecule has 0 amide bonds. The molecule has 0 spiro atoms. The van der Waals surface area contributed by atoms with Gasteiger partial charge in [0.05, 0.1) is 0 Å². The van der Waals surface area contributed by atoms with Crippen LogP contribution >= 0.6 is 0 Å². The van der Waals surface area contributed by atoms with Crippen molar-refractivity contribution in [2.75, 3.05) is 0 Å². The fourth-order valence-corrected chi connectivity index (χ4v) is 5.16. The summed E-state index contributed by atoms with van der Waals surface area (Å²) in [5.74, 6) is 2.79. The van der Waals surface area contributed by atoms with Crippen molar-refractivity contribution in [3.8, 4) is 0 Å². The van der Waals surface area contributed by atoms with Gasteiger partial charge in [-0.3, -0.25) is 0 Å². The first-order chi connectivity index (χ1) is 14.0. The molecule has 0 nitrogen and oxygen atoms in total. The third-order valence-corrected chi connectivity index (χ3v) is 7.75. The number of allylic oxidation sites excluding steroid dienone is 4. The van der Waals surface area contributed by atoms with E-state index in [1.807, 2.05) is 0 Å². The van der Waals surface area contributed by atoms with Crippen LogP contribution in [0.5, 0.6) is 0 Å². The van der Waals surface area contributed by atoms with Crippen molar-refractivity contribution in [1.29, 1.82) is 0 Å². The first-order valence-electron chi connectivity index (χ1n) is 13.1. The quantitative estimate of drug-likeness (QED) is 0.295. The van der Waals surface area contributed by atoms with Gasteiger partial charge in [0.2, 0.25) is 0 Å². The third-order valence-electron chi connectivity index (χ3n) is 7.75. The van der Waals surface area contributed by atoms with Gasteiger partial charge in [-0.25, -0.2) is 0 Å². The number of rotatable bonds is 11. The lowest BCUT2D eigenvalue weighted by molar-refractivity contribution is 0.124. The van der Waals surface area contributed by atoms with Gasteiger partial charge in [-0.1, -0.05) is 97.8 Å². The summed E-state index contributed by atoms with van der Waals surface area (Å²) in [4.78, 5) is 0. The Morgan fingerprint density at radius 3 is 2.23 bits per heavy atom. The molecule has 0 aromatic heterocycles. The van der Waals surface area contributed by atoms with E-state index in [0.717, 1.165) is 24.2 Å². The largest absolute Gasteiger partial charge is 0.0999 e. The zero-order chi connectivity index (χ0) is 22.8. The average Bonchev–Trinajstić information content (AvgIpc) is 3.10. The number of hydrogen-bond donors (Lipinski definition) is 0. The van der Waals surface area contributed by atoms with E-state index in [-0.39, 0.29) is 0 Å². The second-order valence-corrected chi connectivity index (χ2v) is 11.8. The molecule has 0 N–H and O–H groups in total. The van der Waals surface area contributed by atoms with Gasteiger partial charge < -0.3 is 0 Å². The molecule has 0 saturated heterocycles. The Balaban J connectivity index is 0.000000382. The van der Waals surface area contributed by atoms with E-state index >= 15 is 0 Å². The molecule has 2 rings (SSSR count). The number of hydrogen-bond acceptors (Lipinski definition) is 0. The lowest BCUT2D eigenvalue weighted by Crippen LogP contribution is -2.31. The fourth-order valence-electron chi connectivity index (χ4n) is 5.16. The molecule has 30 heavy (non-hydrogen) atoms. The zero-order valence-corrected chi connectivity index (χ0v) is 21.8. The molecule has 0 aromatic rings. The minimum atomic E-state index is 0.470. The van der Waals surface area contributed by atoms with E-state index in [1.165, 1.54) is 81.8 Å². The first kappa shape index (κ1) is 27.3. The monoisotopic (exact) mass is 414 g/mol. The maximum absolute atomic E-state index is 4.29. The van der Waals surface area contributed by atoms with Crippen LogP contribution in [0.2, 0.25) is 0 Å². The highest BCUT2D eigenvalue weighted by Crippen LogP contribution is 2.46. The summed E-state index contributed by atoms with van der Waals surface area (Å²) < 4.78 is 0. The Kier molecular flexibility index (Phi) is 11.7. The van der Waals surface area contributed by atoms with Crippen LogP contribution in [0.1, 0.15) is 126 Å². The van der Waals surface area contributed by atoms with E-state index in [9.17, 15) is 0 Å². The van der Waals surface area contributed by atoms with Gasteiger partial charge in [0, 0.05) is 0 Å². The minimum Gasteiger partial charge on any atom is -0.0999 e. The van der Waals surface area contributed by atoms with Gasteiger partial charge in [0.15, 0.2) is 0 Å². The van der Waals surface area contributed by atoms with Gasteiger partial charge in [0.1, 0.15) is 0 Å². The van der Waals surface area contributed by atoms with Crippen molar-refractivity contribution in [2.45, 2.75) is 126 Å². The van der Waals surface area contributed by atoms with Crippen molar-refractivity contribution < 1.29 is 0 Å². The highest BCUT2D eigenvalue weighted by atomic mass is 14.4. The second kappa shape index (κ2) is 12.9. The van der Waals surface area contributed by atoms with Crippen LogP contribution in [0, 0.1) is 28.6 Å². The lowest BCUT2D eigenvalue weighted by Gasteiger charge is -2.41. The summed E-state index contributed by atoms with van der Waals surface area (Å²) in [6.07, 6.45) is 20.9. The summed E-state index contributed by atoms with van der Waals surface area (Å²) >= 11 is 0. The molecule has 2 aliphatic rings. The molecule has 1 fully saturated rings. The SMILES string of the molecule is C=C(CC)C(CC)C1CC(CCCC2(C)C=CCC2)C1.C=C(CC)CCC(C)(C)C. The predicted octanol–water partition coefficient (Wildman–Crippen LogP) is 10.3. The molecule has 174 valence electrons. The van der Waals surface area contributed by atoms with Gasteiger partial charge in [-0.05, 0) is 92.8 Å². The molecular formula is C30H54. The Labute approximate surface area is 190 Å². The second-order valence-electron chi connectivity index (χ2n) is 11.8. The summed E-state index contributed by atoms with van der Waals surface area (Å²) in [5, 5.41) is 0. The van der Waals surface area contributed by atoms with Crippen LogP contribution in [0.15, 0.2) is 36.5 Å². The van der Waals surface area contributed by atoms with Gasteiger partial charge in [-0.2, -0.15) is 0 Å². The summed E-state index contributed by atoms with van der Waals surface area (Å²) in [7, 11) is 0. The summed E-state index contributed by atoms with van der Waals surface area (Å²) in [6, 6.07) is 0. The molecule has 0 aromatic carbocycles. The third kappa shape index (κ3) is 10.0. The minimum absolute atomic E-state index is 0.470. The van der Waals surface area contributed by atoms with Crippen molar-refractivity contribution in [3.63, 3.8) is 0 Å². The Bertz CT molecular complexity index is 537. The molecule has 2 unspecified atom stereocenters. The van der Waals surface area contributed by atoms with Gasteiger partial charge in [-0.15, -0.1) is 0 Å². The van der Waals surface area contributed by atoms with Gasteiger partial charge >= 0.3 is 0 Å². The van der Waals surface area contributed by atoms with Crippen LogP contribution in [0.25, 0.3) is 0 Å². The standard InChI is InChI=1S/C20H34.C10H20/c1-5-16(3)19(6-2)18-14-17(15-18)10-9-13-20(4)11-7-8-12-20;1-6-9(2)7-8-10(3,4)5/h7,11,17-19H,3,5-6,8-10,12-15H2,1-2,4H3;2,6-8H2,1,3-5H3. The van der Waals surface area contributed by atoms with Crippen molar-refractivity contribution in [3.05, 3.63) is 36.5 Å². The first-order valence-corrected chi connectivity index (χ1v) is 13.1. The van der Waals surface area contributed by atoms with Crippen molar-refractivity contribution in [1.82, 2.24) is 0 Å². The molecule has 0 bridgehead atoms. The van der Waals surface area contributed by atoms with Crippen LogP contribution in [-0.4, -0.2) is 0 Å². The highest BCUT2D eigenvalue weighted by Gasteiger charge is 2.35. The molecule has 0 radical (unpaired) electrons. The highest BCUT2D eigenvalue weighted by molar-refractivity contribution is 5.06. The maximum atomic E-state index is 4.29. The van der Waals surface area contributed by atoms with Crippen LogP contribution in [-0.2, 0) is 0 Å². The normalized spacial score (nSPS) is 26.5. The van der Waals surface area contributed by atoms with E-state index in [0.29, 0.717) is 10.8 Å². The lowest BCUT2D eigenvalue weighted by atomic mass is 9.64. The summed E-state index contributed by atoms with van der Waals surface area (Å²) in [6.45, 7) is 24.3. The van der Waals surface area contributed by atoms with Crippen molar-refractivity contribution >= 4 is 0 Å². The molecule has 2 aliphatic carbocycles. The smallest absolute Gasteiger partial charge is 0.0144 e. The molecular weight excluding hydrogens is 360 g/mol.